The normalized spacial score (nSPS) is 11.4. The quantitative estimate of drug-likeness (QED) is 0.687. The molecule has 2 heterocycles. The number of aliphatic carboxylic acids is 1. The standard InChI is InChI=1S/C14H17N5O4/c1-14(2,13(22)23)4-6-17-12(21)9-3-5-16-11-8(10(15)20)7-18-19(9)11/h3,5,7H,4,6H2,1-2H3,(H2,15,20)(H,17,21)(H,22,23). The van der Waals surface area contributed by atoms with Gasteiger partial charge in [-0.05, 0) is 26.3 Å². The third-order valence-electron chi connectivity index (χ3n) is 3.51. The highest BCUT2D eigenvalue weighted by atomic mass is 16.4. The Morgan fingerprint density at radius 2 is 2.09 bits per heavy atom. The predicted molar refractivity (Wildman–Crippen MR) is 79.9 cm³/mol. The average molecular weight is 319 g/mol. The molecule has 2 aromatic heterocycles. The fourth-order valence-corrected chi connectivity index (χ4v) is 1.92. The van der Waals surface area contributed by atoms with Crippen LogP contribution in [0.2, 0.25) is 0 Å². The summed E-state index contributed by atoms with van der Waals surface area (Å²) >= 11 is 0. The SMILES string of the molecule is CC(C)(CCNC(=O)c1ccnc2c(C(N)=O)cnn12)C(=O)O. The predicted octanol–water partition coefficient (Wildman–Crippen LogP) is 0.0589. The van der Waals surface area contributed by atoms with Crippen molar-refractivity contribution in [3.63, 3.8) is 0 Å². The molecule has 0 atom stereocenters. The Hall–Kier alpha value is -2.97. The molecule has 9 nitrogen and oxygen atoms in total. The number of amides is 2. The summed E-state index contributed by atoms with van der Waals surface area (Å²) < 4.78 is 1.22. The van der Waals surface area contributed by atoms with E-state index in [1.165, 1.54) is 23.0 Å². The van der Waals surface area contributed by atoms with Gasteiger partial charge in [0.05, 0.1) is 11.6 Å². The Morgan fingerprint density at radius 3 is 2.70 bits per heavy atom. The maximum Gasteiger partial charge on any atom is 0.309 e. The Bertz CT molecular complexity index is 781. The van der Waals surface area contributed by atoms with E-state index >= 15 is 0 Å². The first-order chi connectivity index (χ1) is 10.7. The lowest BCUT2D eigenvalue weighted by atomic mass is 9.90. The van der Waals surface area contributed by atoms with E-state index in [1.807, 2.05) is 0 Å². The lowest BCUT2D eigenvalue weighted by Crippen LogP contribution is -2.32. The van der Waals surface area contributed by atoms with Crippen LogP contribution in [-0.4, -0.2) is 44.0 Å². The van der Waals surface area contributed by atoms with Crippen LogP contribution in [0.3, 0.4) is 0 Å². The van der Waals surface area contributed by atoms with Gasteiger partial charge in [0, 0.05) is 12.7 Å². The average Bonchev–Trinajstić information content (AvgIpc) is 2.90. The zero-order valence-corrected chi connectivity index (χ0v) is 12.7. The third-order valence-corrected chi connectivity index (χ3v) is 3.51. The highest BCUT2D eigenvalue weighted by Gasteiger charge is 2.27. The summed E-state index contributed by atoms with van der Waals surface area (Å²) in [6.07, 6.45) is 2.89. The number of fused-ring (bicyclic) bond motifs is 1. The first-order valence-corrected chi connectivity index (χ1v) is 6.88. The summed E-state index contributed by atoms with van der Waals surface area (Å²) in [4.78, 5) is 38.5. The number of primary amides is 1. The Kier molecular flexibility index (Phi) is 4.30. The molecule has 0 fully saturated rings. The largest absolute Gasteiger partial charge is 0.481 e. The first-order valence-electron chi connectivity index (χ1n) is 6.88. The second-order valence-corrected chi connectivity index (χ2v) is 5.68. The van der Waals surface area contributed by atoms with E-state index in [9.17, 15) is 14.4 Å². The molecule has 4 N–H and O–H groups in total. The smallest absolute Gasteiger partial charge is 0.309 e. The van der Waals surface area contributed by atoms with Gasteiger partial charge in [0.2, 0.25) is 0 Å². The third kappa shape index (κ3) is 3.28. The second-order valence-electron chi connectivity index (χ2n) is 5.68. The highest BCUT2D eigenvalue weighted by molar-refractivity contribution is 5.99. The summed E-state index contributed by atoms with van der Waals surface area (Å²) in [5, 5.41) is 15.6. The summed E-state index contributed by atoms with van der Waals surface area (Å²) in [6.45, 7) is 3.35. The molecule has 0 aliphatic carbocycles. The van der Waals surface area contributed by atoms with Crippen LogP contribution in [0, 0.1) is 5.41 Å². The molecular weight excluding hydrogens is 302 g/mol. The molecular formula is C14H17N5O4. The molecule has 0 saturated heterocycles. The lowest BCUT2D eigenvalue weighted by molar-refractivity contribution is -0.147. The molecule has 0 aromatic carbocycles. The lowest BCUT2D eigenvalue weighted by Gasteiger charge is -2.18. The van der Waals surface area contributed by atoms with Crippen LogP contribution in [-0.2, 0) is 4.79 Å². The van der Waals surface area contributed by atoms with Crippen molar-refractivity contribution in [1.29, 1.82) is 0 Å². The number of carbonyl (C=O) groups is 3. The number of hydrogen-bond donors (Lipinski definition) is 3. The summed E-state index contributed by atoms with van der Waals surface area (Å²) in [5.41, 5.74) is 4.76. The molecule has 23 heavy (non-hydrogen) atoms. The van der Waals surface area contributed by atoms with Crippen molar-refractivity contribution >= 4 is 23.4 Å². The van der Waals surface area contributed by atoms with E-state index in [0.717, 1.165) is 0 Å². The number of nitrogens with zero attached hydrogens (tertiary/aromatic N) is 3. The number of nitrogens with one attached hydrogen (secondary N) is 1. The van der Waals surface area contributed by atoms with E-state index in [-0.39, 0.29) is 29.9 Å². The van der Waals surface area contributed by atoms with Crippen molar-refractivity contribution in [1.82, 2.24) is 19.9 Å². The van der Waals surface area contributed by atoms with Crippen molar-refractivity contribution < 1.29 is 19.5 Å². The number of carboxylic acid groups (broad SMARTS) is 1. The molecule has 0 spiro atoms. The Morgan fingerprint density at radius 1 is 1.39 bits per heavy atom. The van der Waals surface area contributed by atoms with Gasteiger partial charge < -0.3 is 16.2 Å². The fraction of sp³-hybridized carbons (Fsp3) is 0.357. The van der Waals surface area contributed by atoms with Gasteiger partial charge in [0.25, 0.3) is 11.8 Å². The molecule has 2 amide bonds. The van der Waals surface area contributed by atoms with Gasteiger partial charge in [-0.1, -0.05) is 0 Å². The maximum atomic E-state index is 12.2. The minimum atomic E-state index is -0.939. The number of aromatic nitrogens is 3. The topological polar surface area (TPSA) is 140 Å². The van der Waals surface area contributed by atoms with E-state index in [4.69, 9.17) is 10.8 Å². The molecule has 2 aromatic rings. The van der Waals surface area contributed by atoms with Crippen molar-refractivity contribution in [2.45, 2.75) is 20.3 Å². The second kappa shape index (κ2) is 6.03. The van der Waals surface area contributed by atoms with Gasteiger partial charge in [0.1, 0.15) is 11.3 Å². The van der Waals surface area contributed by atoms with Crippen LogP contribution in [0.5, 0.6) is 0 Å². The van der Waals surface area contributed by atoms with Gasteiger partial charge >= 0.3 is 5.97 Å². The Labute approximate surface area is 131 Å². The van der Waals surface area contributed by atoms with Crippen LogP contribution >= 0.6 is 0 Å². The molecule has 0 bridgehead atoms. The molecule has 9 heteroatoms. The first kappa shape index (κ1) is 16.4. The molecule has 0 unspecified atom stereocenters. The van der Waals surface area contributed by atoms with E-state index < -0.39 is 23.2 Å². The molecule has 2 rings (SSSR count). The van der Waals surface area contributed by atoms with Crippen LogP contribution in [0.25, 0.3) is 5.65 Å². The van der Waals surface area contributed by atoms with E-state index in [2.05, 4.69) is 15.4 Å². The van der Waals surface area contributed by atoms with Gasteiger partial charge in [-0.2, -0.15) is 5.10 Å². The minimum Gasteiger partial charge on any atom is -0.481 e. The summed E-state index contributed by atoms with van der Waals surface area (Å²) in [5.74, 6) is -2.07. The van der Waals surface area contributed by atoms with Crippen molar-refractivity contribution in [2.24, 2.45) is 11.1 Å². The zero-order chi connectivity index (χ0) is 17.2. The summed E-state index contributed by atoms with van der Waals surface area (Å²) in [7, 11) is 0. The zero-order valence-electron chi connectivity index (χ0n) is 12.7. The Balaban J connectivity index is 2.16. The molecule has 0 saturated carbocycles. The number of hydrogen-bond acceptors (Lipinski definition) is 5. The molecule has 0 aliphatic heterocycles. The van der Waals surface area contributed by atoms with Gasteiger partial charge in [0.15, 0.2) is 5.65 Å². The number of carbonyl (C=O) groups excluding carboxylic acids is 2. The van der Waals surface area contributed by atoms with E-state index in [0.29, 0.717) is 0 Å². The minimum absolute atomic E-state index is 0.117. The van der Waals surface area contributed by atoms with Crippen LogP contribution in [0.15, 0.2) is 18.5 Å². The number of rotatable bonds is 6. The van der Waals surface area contributed by atoms with Crippen molar-refractivity contribution in [2.75, 3.05) is 6.54 Å². The molecule has 0 aliphatic rings. The van der Waals surface area contributed by atoms with Gasteiger partial charge in [-0.15, -0.1) is 0 Å². The fourth-order valence-electron chi connectivity index (χ4n) is 1.92. The molecule has 122 valence electrons. The monoisotopic (exact) mass is 319 g/mol. The number of carboxylic acids is 1. The van der Waals surface area contributed by atoms with Crippen LogP contribution in [0.4, 0.5) is 0 Å². The number of nitrogens with two attached hydrogens (primary N) is 1. The van der Waals surface area contributed by atoms with Gasteiger partial charge in [-0.25, -0.2) is 9.50 Å². The maximum absolute atomic E-state index is 12.2. The summed E-state index contributed by atoms with van der Waals surface area (Å²) in [6, 6.07) is 1.45. The molecule has 0 radical (unpaired) electrons. The van der Waals surface area contributed by atoms with Crippen molar-refractivity contribution in [3.05, 3.63) is 29.7 Å². The van der Waals surface area contributed by atoms with Gasteiger partial charge in [-0.3, -0.25) is 14.4 Å². The van der Waals surface area contributed by atoms with Crippen molar-refractivity contribution in [3.8, 4) is 0 Å². The van der Waals surface area contributed by atoms with Crippen LogP contribution < -0.4 is 11.1 Å². The highest BCUT2D eigenvalue weighted by Crippen LogP contribution is 2.19. The van der Waals surface area contributed by atoms with Crippen LogP contribution in [0.1, 0.15) is 41.1 Å². The van der Waals surface area contributed by atoms with E-state index in [1.54, 1.807) is 13.8 Å².